The number of benzene rings is 1. The van der Waals surface area contributed by atoms with Crippen molar-refractivity contribution in [3.63, 3.8) is 0 Å². The average Bonchev–Trinajstić information content (AvgIpc) is 2.21. The maximum absolute atomic E-state index is 12.3. The van der Waals surface area contributed by atoms with E-state index >= 15 is 0 Å². The number of halogens is 3. The number of hydrogen-bond donors (Lipinski definition) is 1. The minimum absolute atomic E-state index is 0.267. The van der Waals surface area contributed by atoms with Crippen LogP contribution in [0.5, 0.6) is 0 Å². The van der Waals surface area contributed by atoms with Gasteiger partial charge in [0.1, 0.15) is 6.54 Å². The number of para-hydroxylation sites is 1. The molecule has 0 aliphatic carbocycles. The molecule has 2 rings (SSSR count). The Kier molecular flexibility index (Phi) is 2.49. The minimum Gasteiger partial charge on any atom is -0.334 e. The van der Waals surface area contributed by atoms with Crippen molar-refractivity contribution in [3.05, 3.63) is 29.8 Å². The lowest BCUT2D eigenvalue weighted by molar-refractivity contribution is -0.118. The van der Waals surface area contributed by atoms with Gasteiger partial charge in [0, 0.05) is 6.54 Å². The maximum atomic E-state index is 12.3. The highest BCUT2D eigenvalue weighted by atomic mass is 19.4. The molecule has 1 N–H and O–H groups in total. The quantitative estimate of drug-likeness (QED) is 0.788. The largest absolute Gasteiger partial charge is 0.406 e. The van der Waals surface area contributed by atoms with E-state index in [0.717, 1.165) is 0 Å². The molecule has 0 fully saturated rings. The Balaban J connectivity index is 2.33. The molecule has 86 valence electrons. The highest BCUT2D eigenvalue weighted by Gasteiger charge is 2.36. The molecule has 1 aromatic rings. The summed E-state index contributed by atoms with van der Waals surface area (Å²) in [5.41, 5.74) is 1.01. The fourth-order valence-electron chi connectivity index (χ4n) is 1.64. The Morgan fingerprint density at radius 2 is 2.00 bits per heavy atom. The zero-order valence-corrected chi connectivity index (χ0v) is 8.21. The molecule has 1 aliphatic heterocycles. The van der Waals surface area contributed by atoms with Crippen LogP contribution >= 0.6 is 0 Å². The van der Waals surface area contributed by atoms with Crippen LogP contribution in [0.4, 0.5) is 23.7 Å². The normalized spacial score (nSPS) is 15.7. The number of alkyl halides is 3. The molecule has 2 amide bonds. The molecule has 1 aliphatic rings. The number of amides is 2. The lowest BCUT2D eigenvalue weighted by atomic mass is 10.1. The van der Waals surface area contributed by atoms with E-state index in [4.69, 9.17) is 0 Å². The van der Waals surface area contributed by atoms with Gasteiger partial charge in [-0.25, -0.2) is 4.79 Å². The van der Waals surface area contributed by atoms with Gasteiger partial charge in [-0.05, 0) is 11.6 Å². The van der Waals surface area contributed by atoms with E-state index < -0.39 is 18.8 Å². The predicted octanol–water partition coefficient (Wildman–Crippen LogP) is 2.28. The van der Waals surface area contributed by atoms with Crippen LogP contribution in [0, 0.1) is 0 Å². The van der Waals surface area contributed by atoms with Crippen molar-refractivity contribution >= 4 is 11.7 Å². The number of nitrogens with one attached hydrogen (secondary N) is 1. The lowest BCUT2D eigenvalue weighted by Gasteiger charge is -2.30. The Morgan fingerprint density at radius 3 is 2.69 bits per heavy atom. The zero-order chi connectivity index (χ0) is 11.8. The molecule has 0 saturated carbocycles. The number of carbonyl (C=O) groups excluding carboxylic acids is 1. The summed E-state index contributed by atoms with van der Waals surface area (Å²) in [5.74, 6) is 0. The Labute approximate surface area is 89.9 Å². The standard InChI is InChI=1S/C10H9F3N2O/c11-10(12,13)6-15-8-4-2-1-3-7(8)5-14-9(15)16/h1-4H,5-6H2,(H,14,16). The highest BCUT2D eigenvalue weighted by Crippen LogP contribution is 2.27. The molecule has 1 heterocycles. The molecular formula is C10H9F3N2O. The molecule has 1 aromatic carbocycles. The lowest BCUT2D eigenvalue weighted by Crippen LogP contribution is -2.48. The molecule has 0 spiro atoms. The Bertz CT molecular complexity index is 417. The summed E-state index contributed by atoms with van der Waals surface area (Å²) in [6.45, 7) is -1.00. The van der Waals surface area contributed by atoms with Crippen LogP contribution in [0.1, 0.15) is 5.56 Å². The summed E-state index contributed by atoms with van der Waals surface area (Å²) in [6.07, 6.45) is -4.40. The zero-order valence-electron chi connectivity index (χ0n) is 8.21. The van der Waals surface area contributed by atoms with Gasteiger partial charge >= 0.3 is 12.2 Å². The van der Waals surface area contributed by atoms with Gasteiger partial charge in [0.2, 0.25) is 0 Å². The van der Waals surface area contributed by atoms with Crippen molar-refractivity contribution in [3.8, 4) is 0 Å². The molecule has 16 heavy (non-hydrogen) atoms. The second-order valence-electron chi connectivity index (χ2n) is 3.49. The van der Waals surface area contributed by atoms with Gasteiger partial charge in [-0.15, -0.1) is 0 Å². The number of anilines is 1. The fraction of sp³-hybridized carbons (Fsp3) is 0.300. The molecule has 0 atom stereocenters. The first-order valence-electron chi connectivity index (χ1n) is 4.67. The third-order valence-electron chi connectivity index (χ3n) is 2.30. The Morgan fingerprint density at radius 1 is 1.31 bits per heavy atom. The number of nitrogens with zero attached hydrogens (tertiary/aromatic N) is 1. The third-order valence-corrected chi connectivity index (χ3v) is 2.30. The molecule has 0 bridgehead atoms. The van der Waals surface area contributed by atoms with Crippen LogP contribution in [0.25, 0.3) is 0 Å². The average molecular weight is 230 g/mol. The van der Waals surface area contributed by atoms with Crippen molar-refractivity contribution in [1.82, 2.24) is 5.32 Å². The number of carbonyl (C=O) groups is 1. The van der Waals surface area contributed by atoms with Crippen LogP contribution in [0.2, 0.25) is 0 Å². The molecule has 0 aromatic heterocycles. The van der Waals surface area contributed by atoms with E-state index in [-0.39, 0.29) is 6.54 Å². The number of rotatable bonds is 1. The van der Waals surface area contributed by atoms with E-state index in [1.165, 1.54) is 6.07 Å². The summed E-state index contributed by atoms with van der Waals surface area (Å²) in [5, 5.41) is 2.40. The van der Waals surface area contributed by atoms with E-state index in [2.05, 4.69) is 5.32 Å². The minimum atomic E-state index is -4.40. The molecule has 6 heteroatoms. The second-order valence-corrected chi connectivity index (χ2v) is 3.49. The summed E-state index contributed by atoms with van der Waals surface area (Å²) in [7, 11) is 0. The van der Waals surface area contributed by atoms with E-state index in [1.807, 2.05) is 0 Å². The number of fused-ring (bicyclic) bond motifs is 1. The second kappa shape index (κ2) is 3.70. The van der Waals surface area contributed by atoms with Gasteiger partial charge in [0.05, 0.1) is 5.69 Å². The molecular weight excluding hydrogens is 221 g/mol. The Hall–Kier alpha value is -1.72. The first-order chi connectivity index (χ1) is 7.47. The van der Waals surface area contributed by atoms with E-state index in [0.29, 0.717) is 16.2 Å². The van der Waals surface area contributed by atoms with Gasteiger partial charge in [0.25, 0.3) is 0 Å². The predicted molar refractivity (Wildman–Crippen MR) is 52.1 cm³/mol. The molecule has 0 unspecified atom stereocenters. The molecule has 0 saturated heterocycles. The van der Waals surface area contributed by atoms with Crippen LogP contribution in [-0.2, 0) is 6.54 Å². The van der Waals surface area contributed by atoms with Crippen molar-refractivity contribution in [1.29, 1.82) is 0 Å². The molecule has 3 nitrogen and oxygen atoms in total. The van der Waals surface area contributed by atoms with Gasteiger partial charge < -0.3 is 5.32 Å². The highest BCUT2D eigenvalue weighted by molar-refractivity contribution is 5.94. The monoisotopic (exact) mass is 230 g/mol. The fourth-order valence-corrected chi connectivity index (χ4v) is 1.64. The number of urea groups is 1. The third kappa shape index (κ3) is 2.10. The first kappa shape index (κ1) is 10.8. The number of hydrogen-bond acceptors (Lipinski definition) is 1. The molecule has 0 radical (unpaired) electrons. The maximum Gasteiger partial charge on any atom is 0.406 e. The topological polar surface area (TPSA) is 32.3 Å². The van der Waals surface area contributed by atoms with Crippen LogP contribution in [0.15, 0.2) is 24.3 Å². The summed E-state index contributed by atoms with van der Waals surface area (Å²) in [6, 6.07) is 5.83. The first-order valence-corrected chi connectivity index (χ1v) is 4.67. The summed E-state index contributed by atoms with van der Waals surface area (Å²) in [4.78, 5) is 12.1. The summed E-state index contributed by atoms with van der Waals surface area (Å²) < 4.78 is 36.9. The summed E-state index contributed by atoms with van der Waals surface area (Å²) >= 11 is 0. The van der Waals surface area contributed by atoms with E-state index in [1.54, 1.807) is 18.2 Å². The van der Waals surface area contributed by atoms with E-state index in [9.17, 15) is 18.0 Å². The van der Waals surface area contributed by atoms with Gasteiger partial charge in [-0.1, -0.05) is 18.2 Å². The van der Waals surface area contributed by atoms with Crippen LogP contribution in [-0.4, -0.2) is 18.8 Å². The van der Waals surface area contributed by atoms with Gasteiger partial charge in [-0.3, -0.25) is 4.90 Å². The van der Waals surface area contributed by atoms with Gasteiger partial charge in [-0.2, -0.15) is 13.2 Å². The smallest absolute Gasteiger partial charge is 0.334 e. The van der Waals surface area contributed by atoms with Crippen molar-refractivity contribution in [2.24, 2.45) is 0 Å². The van der Waals surface area contributed by atoms with Crippen LogP contribution in [0.3, 0.4) is 0 Å². The van der Waals surface area contributed by atoms with Crippen molar-refractivity contribution < 1.29 is 18.0 Å². The van der Waals surface area contributed by atoms with Crippen molar-refractivity contribution in [2.45, 2.75) is 12.7 Å². The SMILES string of the molecule is O=C1NCc2ccccc2N1CC(F)(F)F. The van der Waals surface area contributed by atoms with Crippen molar-refractivity contribution in [2.75, 3.05) is 11.4 Å². The van der Waals surface area contributed by atoms with Crippen LogP contribution < -0.4 is 10.2 Å². The van der Waals surface area contributed by atoms with Gasteiger partial charge in [0.15, 0.2) is 0 Å².